The van der Waals surface area contributed by atoms with Crippen molar-refractivity contribution < 1.29 is 9.53 Å². The fourth-order valence-electron chi connectivity index (χ4n) is 3.32. The van der Waals surface area contributed by atoms with Crippen molar-refractivity contribution >= 4 is 5.91 Å². The molecule has 0 bridgehead atoms. The summed E-state index contributed by atoms with van der Waals surface area (Å²) in [7, 11) is 1.92. The third-order valence-corrected chi connectivity index (χ3v) is 4.52. The lowest BCUT2D eigenvalue weighted by molar-refractivity contribution is -0.136. The van der Waals surface area contributed by atoms with Crippen molar-refractivity contribution in [1.29, 1.82) is 0 Å². The van der Waals surface area contributed by atoms with Gasteiger partial charge in [-0.2, -0.15) is 0 Å². The molecule has 1 aliphatic rings. The highest BCUT2D eigenvalue weighted by molar-refractivity contribution is 5.78. The van der Waals surface area contributed by atoms with E-state index >= 15 is 0 Å². The molecule has 0 saturated heterocycles. The Kier molecular flexibility index (Phi) is 6.44. The van der Waals surface area contributed by atoms with Crippen molar-refractivity contribution in [1.82, 2.24) is 4.90 Å². The van der Waals surface area contributed by atoms with Crippen molar-refractivity contribution in [2.75, 3.05) is 13.6 Å². The molecule has 0 aliphatic carbocycles. The fraction of sp³-hybridized carbons (Fsp3) is 0.632. The van der Waals surface area contributed by atoms with E-state index in [1.54, 1.807) is 0 Å². The van der Waals surface area contributed by atoms with Gasteiger partial charge in [0.2, 0.25) is 5.91 Å². The van der Waals surface area contributed by atoms with Gasteiger partial charge in [-0.15, -0.1) is 0 Å². The zero-order valence-corrected chi connectivity index (χ0v) is 14.2. The van der Waals surface area contributed by atoms with E-state index in [1.807, 2.05) is 11.9 Å². The van der Waals surface area contributed by atoms with Gasteiger partial charge in [0.15, 0.2) is 0 Å². The third kappa shape index (κ3) is 4.33. The van der Waals surface area contributed by atoms with Crippen LogP contribution in [-0.2, 0) is 22.6 Å². The van der Waals surface area contributed by atoms with E-state index in [1.165, 1.54) is 11.1 Å². The van der Waals surface area contributed by atoms with E-state index in [0.717, 1.165) is 32.1 Å². The lowest BCUT2D eigenvalue weighted by atomic mass is 9.96. The second-order valence-electron chi connectivity index (χ2n) is 6.40. The molecule has 3 heteroatoms. The van der Waals surface area contributed by atoms with Crippen LogP contribution in [0.2, 0.25) is 0 Å². The summed E-state index contributed by atoms with van der Waals surface area (Å²) in [5.74, 6) is 0.460. The van der Waals surface area contributed by atoms with Crippen molar-refractivity contribution in [2.24, 2.45) is 5.92 Å². The van der Waals surface area contributed by atoms with Gasteiger partial charge in [0.25, 0.3) is 0 Å². The largest absolute Gasteiger partial charge is 0.371 e. The van der Waals surface area contributed by atoms with E-state index < -0.39 is 0 Å². The molecule has 0 aromatic heterocycles. The molecule has 0 spiro atoms. The molecule has 1 aliphatic heterocycles. The summed E-state index contributed by atoms with van der Waals surface area (Å²) in [6, 6.07) is 8.43. The van der Waals surface area contributed by atoms with Gasteiger partial charge in [-0.05, 0) is 24.0 Å². The summed E-state index contributed by atoms with van der Waals surface area (Å²) in [6.45, 7) is 5.65. The Bertz CT molecular complexity index is 480. The Morgan fingerprint density at radius 3 is 2.50 bits per heavy atom. The smallest absolute Gasteiger partial charge is 0.225 e. The topological polar surface area (TPSA) is 29.5 Å². The highest BCUT2D eigenvalue weighted by atomic mass is 16.5. The molecule has 0 radical (unpaired) electrons. The molecule has 0 fully saturated rings. The summed E-state index contributed by atoms with van der Waals surface area (Å²) in [6.07, 6.45) is 5.14. The SMILES string of the molecule is CCCC(CCC)C(=O)N(C)CC1Cc2ccccc2CO1. The van der Waals surface area contributed by atoms with Gasteiger partial charge in [0.05, 0.1) is 12.7 Å². The minimum Gasteiger partial charge on any atom is -0.371 e. The molecule has 1 atom stereocenters. The van der Waals surface area contributed by atoms with Gasteiger partial charge in [-0.25, -0.2) is 0 Å². The highest BCUT2D eigenvalue weighted by Crippen LogP contribution is 2.22. The Morgan fingerprint density at radius 2 is 1.86 bits per heavy atom. The van der Waals surface area contributed by atoms with Gasteiger partial charge >= 0.3 is 0 Å². The predicted molar refractivity (Wildman–Crippen MR) is 89.7 cm³/mol. The number of likely N-dealkylation sites (N-methyl/N-ethyl adjacent to an activating group) is 1. The fourth-order valence-corrected chi connectivity index (χ4v) is 3.32. The monoisotopic (exact) mass is 303 g/mol. The maximum Gasteiger partial charge on any atom is 0.225 e. The molecule has 22 heavy (non-hydrogen) atoms. The molecule has 122 valence electrons. The predicted octanol–water partition coefficient (Wildman–Crippen LogP) is 3.80. The average molecular weight is 303 g/mol. The van der Waals surface area contributed by atoms with Crippen molar-refractivity contribution in [3.8, 4) is 0 Å². The Labute approximate surface area is 134 Å². The van der Waals surface area contributed by atoms with Crippen LogP contribution in [0.25, 0.3) is 0 Å². The van der Waals surface area contributed by atoms with E-state index in [-0.39, 0.29) is 17.9 Å². The molecular formula is C19H29NO2. The second kappa shape index (κ2) is 8.33. The molecule has 3 nitrogen and oxygen atoms in total. The molecule has 2 rings (SSSR count). The standard InChI is InChI=1S/C19H29NO2/c1-4-8-15(9-5-2)19(21)20(3)13-18-12-16-10-6-7-11-17(16)14-22-18/h6-7,10-11,15,18H,4-5,8-9,12-14H2,1-3H3. The Hall–Kier alpha value is -1.35. The number of nitrogens with zero attached hydrogens (tertiary/aromatic N) is 1. The van der Waals surface area contributed by atoms with Crippen LogP contribution in [0.5, 0.6) is 0 Å². The first-order chi connectivity index (χ1) is 10.7. The summed E-state index contributed by atoms with van der Waals surface area (Å²) in [4.78, 5) is 14.5. The molecule has 1 aromatic rings. The minimum absolute atomic E-state index is 0.118. The first kappa shape index (κ1) is 17.0. The molecule has 1 amide bonds. The van der Waals surface area contributed by atoms with Crippen molar-refractivity contribution in [2.45, 2.75) is 58.7 Å². The van der Waals surface area contributed by atoms with Gasteiger partial charge in [0.1, 0.15) is 0 Å². The van der Waals surface area contributed by atoms with E-state index in [2.05, 4.69) is 38.1 Å². The lowest BCUT2D eigenvalue weighted by Crippen LogP contribution is -2.41. The minimum atomic E-state index is 0.118. The lowest BCUT2D eigenvalue weighted by Gasteiger charge is -2.30. The van der Waals surface area contributed by atoms with Crippen molar-refractivity contribution in [3.63, 3.8) is 0 Å². The van der Waals surface area contributed by atoms with Crippen LogP contribution in [0.4, 0.5) is 0 Å². The highest BCUT2D eigenvalue weighted by Gasteiger charge is 2.25. The normalized spacial score (nSPS) is 17.4. The maximum absolute atomic E-state index is 12.6. The van der Waals surface area contributed by atoms with Crippen molar-refractivity contribution in [3.05, 3.63) is 35.4 Å². The van der Waals surface area contributed by atoms with Crippen LogP contribution in [0, 0.1) is 5.92 Å². The summed E-state index contributed by atoms with van der Waals surface area (Å²) in [5.41, 5.74) is 2.64. The first-order valence-corrected chi connectivity index (χ1v) is 8.59. The number of carbonyl (C=O) groups is 1. The molecule has 1 aromatic carbocycles. The quantitative estimate of drug-likeness (QED) is 0.766. The summed E-state index contributed by atoms with van der Waals surface area (Å²) >= 11 is 0. The van der Waals surface area contributed by atoms with E-state index in [9.17, 15) is 4.79 Å². The van der Waals surface area contributed by atoms with Crippen LogP contribution in [0.3, 0.4) is 0 Å². The Balaban J connectivity index is 1.91. The van der Waals surface area contributed by atoms with Crippen LogP contribution in [0.15, 0.2) is 24.3 Å². The number of ether oxygens (including phenoxy) is 1. The maximum atomic E-state index is 12.6. The first-order valence-electron chi connectivity index (χ1n) is 8.59. The van der Waals surface area contributed by atoms with E-state index in [0.29, 0.717) is 13.2 Å². The number of hydrogen-bond donors (Lipinski definition) is 0. The van der Waals surface area contributed by atoms with Crippen LogP contribution in [0.1, 0.15) is 50.7 Å². The molecule has 0 saturated carbocycles. The number of fused-ring (bicyclic) bond motifs is 1. The number of hydrogen-bond acceptors (Lipinski definition) is 2. The number of rotatable bonds is 7. The zero-order chi connectivity index (χ0) is 15.9. The van der Waals surface area contributed by atoms with Crippen LogP contribution >= 0.6 is 0 Å². The molecule has 0 N–H and O–H groups in total. The van der Waals surface area contributed by atoms with Crippen LogP contribution in [-0.4, -0.2) is 30.5 Å². The van der Waals surface area contributed by atoms with Gasteiger partial charge in [-0.1, -0.05) is 51.0 Å². The number of carbonyl (C=O) groups excluding carboxylic acids is 1. The number of benzene rings is 1. The van der Waals surface area contributed by atoms with Gasteiger partial charge < -0.3 is 9.64 Å². The zero-order valence-electron chi connectivity index (χ0n) is 14.2. The average Bonchev–Trinajstić information content (AvgIpc) is 2.54. The van der Waals surface area contributed by atoms with Crippen LogP contribution < -0.4 is 0 Å². The molecular weight excluding hydrogens is 274 g/mol. The van der Waals surface area contributed by atoms with E-state index in [4.69, 9.17) is 4.74 Å². The molecule has 1 unspecified atom stereocenters. The van der Waals surface area contributed by atoms with Gasteiger partial charge in [0, 0.05) is 25.9 Å². The van der Waals surface area contributed by atoms with Gasteiger partial charge in [-0.3, -0.25) is 4.79 Å². The third-order valence-electron chi connectivity index (χ3n) is 4.52. The second-order valence-corrected chi connectivity index (χ2v) is 6.40. The summed E-state index contributed by atoms with van der Waals surface area (Å²) < 4.78 is 5.93. The summed E-state index contributed by atoms with van der Waals surface area (Å²) in [5, 5.41) is 0. The Morgan fingerprint density at radius 1 is 1.23 bits per heavy atom. The molecule has 1 heterocycles. The number of amides is 1.